The van der Waals surface area contributed by atoms with Crippen molar-refractivity contribution < 1.29 is 0 Å². The van der Waals surface area contributed by atoms with Gasteiger partial charge >= 0.3 is 0 Å². The van der Waals surface area contributed by atoms with Gasteiger partial charge < -0.3 is 0 Å². The molecular weight excluding hydrogens is 202 g/mol. The van der Waals surface area contributed by atoms with Gasteiger partial charge in [0.25, 0.3) is 0 Å². The summed E-state index contributed by atoms with van der Waals surface area (Å²) in [4.78, 5) is 4.40. The second-order valence-corrected chi connectivity index (χ2v) is 4.51. The lowest BCUT2D eigenvalue weighted by molar-refractivity contribution is 1.35. The van der Waals surface area contributed by atoms with Crippen molar-refractivity contribution in [3.8, 4) is 0 Å². The average Bonchev–Trinajstić information content (AvgIpc) is 2.65. The molecule has 0 N–H and O–H groups in total. The molecule has 64 valence electrons. The lowest BCUT2D eigenvalue weighted by atomic mass is 10.3. The molecular formula is C8H5N3S2. The van der Waals surface area contributed by atoms with Crippen LogP contribution in [0.5, 0.6) is 0 Å². The van der Waals surface area contributed by atoms with Crippen LogP contribution in [0.15, 0.2) is 12.1 Å². The minimum atomic E-state index is 0.973. The standard InChI is InChI=1S/C8H5N3S2/c1-4-9-6-3-2-5-7(8(6)12-4)11-13-10-5/h2-3H,1H3. The number of hydrogen-bond acceptors (Lipinski definition) is 5. The van der Waals surface area contributed by atoms with Gasteiger partial charge in [-0.25, -0.2) is 4.98 Å². The summed E-state index contributed by atoms with van der Waals surface area (Å²) in [5, 5.41) is 1.08. The maximum absolute atomic E-state index is 4.40. The van der Waals surface area contributed by atoms with Gasteiger partial charge in [-0.05, 0) is 19.1 Å². The Hall–Kier alpha value is -1.07. The fourth-order valence-electron chi connectivity index (χ4n) is 1.35. The molecule has 3 aromatic rings. The van der Waals surface area contributed by atoms with Gasteiger partial charge in [0.2, 0.25) is 0 Å². The molecule has 0 saturated carbocycles. The van der Waals surface area contributed by atoms with Crippen LogP contribution in [0, 0.1) is 6.92 Å². The van der Waals surface area contributed by atoms with Crippen molar-refractivity contribution in [2.45, 2.75) is 6.92 Å². The predicted octanol–water partition coefficient (Wildman–Crippen LogP) is 2.61. The highest BCUT2D eigenvalue weighted by atomic mass is 32.1. The average molecular weight is 207 g/mol. The molecule has 0 unspecified atom stereocenters. The molecule has 2 aromatic heterocycles. The quantitative estimate of drug-likeness (QED) is 0.568. The zero-order valence-electron chi connectivity index (χ0n) is 6.81. The molecule has 0 atom stereocenters. The van der Waals surface area contributed by atoms with Crippen LogP contribution in [-0.4, -0.2) is 13.7 Å². The Bertz CT molecular complexity index is 581. The first-order valence-electron chi connectivity index (χ1n) is 3.83. The molecule has 0 bridgehead atoms. The fourth-order valence-corrected chi connectivity index (χ4v) is 2.85. The van der Waals surface area contributed by atoms with E-state index in [1.807, 2.05) is 19.1 Å². The smallest absolute Gasteiger partial charge is 0.124 e. The SMILES string of the molecule is Cc1nc2ccc3nsnc3c2s1. The summed E-state index contributed by atoms with van der Waals surface area (Å²) in [5.74, 6) is 0. The number of aromatic nitrogens is 3. The van der Waals surface area contributed by atoms with Gasteiger partial charge in [0.05, 0.1) is 27.0 Å². The summed E-state index contributed by atoms with van der Waals surface area (Å²) in [6.07, 6.45) is 0. The van der Waals surface area contributed by atoms with Crippen molar-refractivity contribution >= 4 is 44.3 Å². The van der Waals surface area contributed by atoms with Gasteiger partial charge in [-0.15, -0.1) is 11.3 Å². The molecule has 0 spiro atoms. The van der Waals surface area contributed by atoms with E-state index in [9.17, 15) is 0 Å². The molecule has 0 aliphatic heterocycles. The first-order valence-corrected chi connectivity index (χ1v) is 5.38. The Morgan fingerprint density at radius 3 is 2.92 bits per heavy atom. The summed E-state index contributed by atoms with van der Waals surface area (Å²) in [7, 11) is 0. The van der Waals surface area contributed by atoms with Crippen molar-refractivity contribution in [2.24, 2.45) is 0 Å². The molecule has 3 rings (SSSR count). The normalized spacial score (nSPS) is 11.5. The van der Waals surface area contributed by atoms with E-state index >= 15 is 0 Å². The fraction of sp³-hybridized carbons (Fsp3) is 0.125. The number of fused-ring (bicyclic) bond motifs is 3. The Labute approximate surface area is 82.4 Å². The van der Waals surface area contributed by atoms with Crippen LogP contribution in [-0.2, 0) is 0 Å². The van der Waals surface area contributed by atoms with E-state index in [2.05, 4.69) is 13.7 Å². The van der Waals surface area contributed by atoms with Crippen LogP contribution in [0.3, 0.4) is 0 Å². The van der Waals surface area contributed by atoms with Crippen LogP contribution in [0.2, 0.25) is 0 Å². The second kappa shape index (κ2) is 2.46. The topological polar surface area (TPSA) is 38.7 Å². The molecule has 3 nitrogen and oxygen atoms in total. The van der Waals surface area contributed by atoms with Crippen molar-refractivity contribution in [1.82, 2.24) is 13.7 Å². The lowest BCUT2D eigenvalue weighted by Gasteiger charge is -1.85. The first-order chi connectivity index (χ1) is 6.34. The molecule has 2 heterocycles. The van der Waals surface area contributed by atoms with Crippen LogP contribution < -0.4 is 0 Å². The third-order valence-electron chi connectivity index (χ3n) is 1.89. The summed E-state index contributed by atoms with van der Waals surface area (Å²) in [5.41, 5.74) is 3.00. The number of hydrogen-bond donors (Lipinski definition) is 0. The van der Waals surface area contributed by atoms with E-state index in [4.69, 9.17) is 0 Å². The molecule has 0 saturated heterocycles. The van der Waals surface area contributed by atoms with E-state index < -0.39 is 0 Å². The van der Waals surface area contributed by atoms with E-state index in [1.54, 1.807) is 11.3 Å². The number of thiazole rings is 1. The van der Waals surface area contributed by atoms with Gasteiger partial charge in [-0.3, -0.25) is 0 Å². The summed E-state index contributed by atoms with van der Waals surface area (Å²) >= 11 is 2.94. The van der Waals surface area contributed by atoms with Crippen molar-refractivity contribution in [1.29, 1.82) is 0 Å². The highest BCUT2D eigenvalue weighted by molar-refractivity contribution is 7.19. The molecule has 1 aromatic carbocycles. The molecule has 5 heteroatoms. The molecule has 0 aliphatic carbocycles. The third kappa shape index (κ3) is 0.973. The Morgan fingerprint density at radius 1 is 1.15 bits per heavy atom. The third-order valence-corrected chi connectivity index (χ3v) is 3.42. The van der Waals surface area contributed by atoms with Crippen LogP contribution >= 0.6 is 23.1 Å². The van der Waals surface area contributed by atoms with Gasteiger partial charge in [-0.2, -0.15) is 8.75 Å². The molecule has 0 aliphatic rings. The van der Waals surface area contributed by atoms with Gasteiger partial charge in [-0.1, -0.05) is 0 Å². The zero-order chi connectivity index (χ0) is 8.84. The summed E-state index contributed by atoms with van der Waals surface area (Å²) in [6, 6.07) is 3.98. The minimum absolute atomic E-state index is 0.973. The molecule has 13 heavy (non-hydrogen) atoms. The van der Waals surface area contributed by atoms with Crippen molar-refractivity contribution in [3.05, 3.63) is 17.1 Å². The van der Waals surface area contributed by atoms with E-state index in [1.165, 1.54) is 11.7 Å². The maximum Gasteiger partial charge on any atom is 0.124 e. The van der Waals surface area contributed by atoms with Gasteiger partial charge in [0, 0.05) is 0 Å². The lowest BCUT2D eigenvalue weighted by Crippen LogP contribution is -1.71. The van der Waals surface area contributed by atoms with Crippen LogP contribution in [0.25, 0.3) is 21.3 Å². The first kappa shape index (κ1) is 7.34. The van der Waals surface area contributed by atoms with Gasteiger partial charge in [0.15, 0.2) is 0 Å². The van der Waals surface area contributed by atoms with Crippen LogP contribution in [0.1, 0.15) is 5.01 Å². The number of rotatable bonds is 0. The van der Waals surface area contributed by atoms with E-state index in [0.29, 0.717) is 0 Å². The van der Waals surface area contributed by atoms with E-state index in [0.717, 1.165) is 26.3 Å². The monoisotopic (exact) mass is 207 g/mol. The number of nitrogens with zero attached hydrogens (tertiary/aromatic N) is 3. The van der Waals surface area contributed by atoms with Crippen molar-refractivity contribution in [3.63, 3.8) is 0 Å². The van der Waals surface area contributed by atoms with Gasteiger partial charge in [0.1, 0.15) is 11.0 Å². The van der Waals surface area contributed by atoms with Crippen molar-refractivity contribution in [2.75, 3.05) is 0 Å². The zero-order valence-corrected chi connectivity index (χ0v) is 8.45. The highest BCUT2D eigenvalue weighted by Gasteiger charge is 2.07. The highest BCUT2D eigenvalue weighted by Crippen LogP contribution is 2.28. The Balaban J connectivity index is 2.64. The van der Waals surface area contributed by atoms with Crippen LogP contribution in [0.4, 0.5) is 0 Å². The maximum atomic E-state index is 4.40. The molecule has 0 fully saturated rings. The predicted molar refractivity (Wildman–Crippen MR) is 55.3 cm³/mol. The second-order valence-electron chi connectivity index (χ2n) is 2.78. The van der Waals surface area contributed by atoms with E-state index in [-0.39, 0.29) is 0 Å². The summed E-state index contributed by atoms with van der Waals surface area (Å²) < 4.78 is 9.60. The molecule has 0 amide bonds. The Morgan fingerprint density at radius 2 is 2.00 bits per heavy atom. The Kier molecular flexibility index (Phi) is 1.39. The minimum Gasteiger partial charge on any atom is -0.241 e. The number of benzene rings is 1. The molecule has 0 radical (unpaired) electrons. The number of aryl methyl sites for hydroxylation is 1. The largest absolute Gasteiger partial charge is 0.241 e. The summed E-state index contributed by atoms with van der Waals surface area (Å²) in [6.45, 7) is 2.01.